The molecule has 0 spiro atoms. The zero-order valence-corrected chi connectivity index (χ0v) is 9.34. The van der Waals surface area contributed by atoms with E-state index in [1.807, 2.05) is 13.8 Å². The predicted molar refractivity (Wildman–Crippen MR) is 56.8 cm³/mol. The normalized spacial score (nSPS) is 17.2. The molecule has 0 aromatic heterocycles. The molecule has 0 bridgehead atoms. The number of carbonyl (C=O) groups excluding carboxylic acids is 1. The molecule has 0 heterocycles. The minimum Gasteiger partial charge on any atom is -0.388 e. The largest absolute Gasteiger partial charge is 0.388 e. The molecule has 1 amide bonds. The van der Waals surface area contributed by atoms with Crippen LogP contribution in [0.1, 0.15) is 40.0 Å². The van der Waals surface area contributed by atoms with Crippen LogP contribution in [0.15, 0.2) is 0 Å². The highest BCUT2D eigenvalue weighted by Gasteiger charge is 2.20. The van der Waals surface area contributed by atoms with Crippen molar-refractivity contribution in [1.82, 2.24) is 5.32 Å². The van der Waals surface area contributed by atoms with Gasteiger partial charge in [-0.15, -0.1) is 0 Å². The Morgan fingerprint density at radius 3 is 2.57 bits per heavy atom. The van der Waals surface area contributed by atoms with Gasteiger partial charge in [0, 0.05) is 6.54 Å². The lowest BCUT2D eigenvalue weighted by molar-refractivity contribution is -0.123. The quantitative estimate of drug-likeness (QED) is 0.583. The Labute approximate surface area is 85.9 Å². The van der Waals surface area contributed by atoms with Gasteiger partial charge < -0.3 is 16.2 Å². The van der Waals surface area contributed by atoms with Gasteiger partial charge in [0.1, 0.15) is 0 Å². The molecule has 14 heavy (non-hydrogen) atoms. The van der Waals surface area contributed by atoms with Crippen LogP contribution in [0, 0.1) is 0 Å². The Hall–Kier alpha value is -0.610. The van der Waals surface area contributed by atoms with Gasteiger partial charge in [0.25, 0.3) is 0 Å². The van der Waals surface area contributed by atoms with Crippen molar-refractivity contribution in [2.45, 2.75) is 51.7 Å². The van der Waals surface area contributed by atoms with Crippen LogP contribution < -0.4 is 11.1 Å². The molecule has 2 atom stereocenters. The summed E-state index contributed by atoms with van der Waals surface area (Å²) < 4.78 is 0. The van der Waals surface area contributed by atoms with Gasteiger partial charge in [0.2, 0.25) is 5.91 Å². The predicted octanol–water partition coefficient (Wildman–Crippen LogP) is 0.391. The molecule has 1 unspecified atom stereocenters. The lowest BCUT2D eigenvalue weighted by atomic mass is 10.0. The van der Waals surface area contributed by atoms with Gasteiger partial charge in [0.05, 0.1) is 11.6 Å². The molecule has 0 saturated heterocycles. The first-order chi connectivity index (χ1) is 6.43. The zero-order valence-electron chi connectivity index (χ0n) is 9.34. The summed E-state index contributed by atoms with van der Waals surface area (Å²) in [6.07, 6.45) is 2.18. The SMILES string of the molecule is CCC[C@H](N)C(=O)NCC(C)(O)CC. The molecule has 0 fully saturated rings. The molecule has 0 rings (SSSR count). The van der Waals surface area contributed by atoms with E-state index in [0.717, 1.165) is 6.42 Å². The van der Waals surface area contributed by atoms with Crippen molar-refractivity contribution >= 4 is 5.91 Å². The van der Waals surface area contributed by atoms with Crippen LogP contribution in [0.3, 0.4) is 0 Å². The van der Waals surface area contributed by atoms with E-state index in [9.17, 15) is 9.90 Å². The summed E-state index contributed by atoms with van der Waals surface area (Å²) >= 11 is 0. The molecule has 0 aliphatic heterocycles. The minimum absolute atomic E-state index is 0.180. The van der Waals surface area contributed by atoms with Crippen molar-refractivity contribution < 1.29 is 9.90 Å². The maximum absolute atomic E-state index is 11.3. The summed E-state index contributed by atoms with van der Waals surface area (Å²) in [4.78, 5) is 11.3. The molecular formula is C10H22N2O2. The fourth-order valence-corrected chi connectivity index (χ4v) is 0.976. The van der Waals surface area contributed by atoms with Crippen LogP contribution in [0.4, 0.5) is 0 Å². The topological polar surface area (TPSA) is 75.4 Å². The molecule has 0 aliphatic rings. The third-order valence-corrected chi connectivity index (χ3v) is 2.34. The standard InChI is InChI=1S/C10H22N2O2/c1-4-6-8(11)9(13)12-7-10(3,14)5-2/h8,14H,4-7,11H2,1-3H3,(H,12,13)/t8-,10?/m0/s1. The average Bonchev–Trinajstić information content (AvgIpc) is 2.15. The fraction of sp³-hybridized carbons (Fsp3) is 0.900. The van der Waals surface area contributed by atoms with Crippen LogP contribution in [-0.2, 0) is 4.79 Å². The van der Waals surface area contributed by atoms with Gasteiger partial charge in [-0.25, -0.2) is 0 Å². The van der Waals surface area contributed by atoms with Gasteiger partial charge in [-0.3, -0.25) is 4.79 Å². The minimum atomic E-state index is -0.832. The molecule has 0 radical (unpaired) electrons. The lowest BCUT2D eigenvalue weighted by Crippen LogP contribution is -2.46. The number of rotatable bonds is 6. The van der Waals surface area contributed by atoms with Gasteiger partial charge in [-0.05, 0) is 19.8 Å². The number of aliphatic hydroxyl groups is 1. The van der Waals surface area contributed by atoms with E-state index in [0.29, 0.717) is 12.8 Å². The summed E-state index contributed by atoms with van der Waals surface area (Å²) in [6.45, 7) is 5.81. The number of carbonyl (C=O) groups is 1. The van der Waals surface area contributed by atoms with Gasteiger partial charge >= 0.3 is 0 Å². The Morgan fingerprint density at radius 1 is 1.57 bits per heavy atom. The Kier molecular flexibility index (Phi) is 5.72. The number of hydrogen-bond donors (Lipinski definition) is 3. The molecule has 4 heteroatoms. The third-order valence-electron chi connectivity index (χ3n) is 2.34. The second kappa shape index (κ2) is 5.98. The molecule has 4 nitrogen and oxygen atoms in total. The van der Waals surface area contributed by atoms with E-state index in [2.05, 4.69) is 5.32 Å². The van der Waals surface area contributed by atoms with Crippen molar-refractivity contribution in [3.05, 3.63) is 0 Å². The summed E-state index contributed by atoms with van der Waals surface area (Å²) in [5, 5.41) is 12.3. The van der Waals surface area contributed by atoms with E-state index in [1.165, 1.54) is 0 Å². The molecule has 84 valence electrons. The molecule has 0 aliphatic carbocycles. The zero-order chi connectivity index (χ0) is 11.2. The van der Waals surface area contributed by atoms with E-state index < -0.39 is 11.6 Å². The summed E-state index contributed by atoms with van der Waals surface area (Å²) in [5.41, 5.74) is 4.77. The maximum atomic E-state index is 11.3. The number of nitrogens with two attached hydrogens (primary N) is 1. The lowest BCUT2D eigenvalue weighted by Gasteiger charge is -2.22. The highest BCUT2D eigenvalue weighted by molar-refractivity contribution is 5.81. The van der Waals surface area contributed by atoms with Gasteiger partial charge in [-0.1, -0.05) is 20.3 Å². The van der Waals surface area contributed by atoms with Crippen molar-refractivity contribution in [1.29, 1.82) is 0 Å². The number of nitrogens with one attached hydrogen (secondary N) is 1. The molecule has 0 aromatic rings. The maximum Gasteiger partial charge on any atom is 0.237 e. The first-order valence-electron chi connectivity index (χ1n) is 5.18. The third kappa shape index (κ3) is 5.19. The van der Waals surface area contributed by atoms with Crippen molar-refractivity contribution in [3.8, 4) is 0 Å². The van der Waals surface area contributed by atoms with E-state index in [1.54, 1.807) is 6.92 Å². The highest BCUT2D eigenvalue weighted by Crippen LogP contribution is 2.06. The van der Waals surface area contributed by atoms with Gasteiger partial charge in [-0.2, -0.15) is 0 Å². The molecule has 4 N–H and O–H groups in total. The summed E-state index contributed by atoms with van der Waals surface area (Å²) in [5.74, 6) is -0.180. The van der Waals surface area contributed by atoms with E-state index in [4.69, 9.17) is 5.73 Å². The first-order valence-corrected chi connectivity index (χ1v) is 5.18. The van der Waals surface area contributed by atoms with Crippen LogP contribution in [-0.4, -0.2) is 29.2 Å². The Balaban J connectivity index is 3.84. The average molecular weight is 202 g/mol. The van der Waals surface area contributed by atoms with Crippen LogP contribution in [0.25, 0.3) is 0 Å². The highest BCUT2D eigenvalue weighted by atomic mass is 16.3. The fourth-order valence-electron chi connectivity index (χ4n) is 0.976. The molecular weight excluding hydrogens is 180 g/mol. The Bertz CT molecular complexity index is 181. The number of hydrogen-bond acceptors (Lipinski definition) is 3. The second-order valence-electron chi connectivity index (χ2n) is 3.96. The Morgan fingerprint density at radius 2 is 2.14 bits per heavy atom. The van der Waals surface area contributed by atoms with Crippen LogP contribution in [0.5, 0.6) is 0 Å². The van der Waals surface area contributed by atoms with Crippen molar-refractivity contribution in [2.24, 2.45) is 5.73 Å². The van der Waals surface area contributed by atoms with E-state index >= 15 is 0 Å². The van der Waals surface area contributed by atoms with Crippen LogP contribution in [0.2, 0.25) is 0 Å². The summed E-state index contributed by atoms with van der Waals surface area (Å²) in [7, 11) is 0. The van der Waals surface area contributed by atoms with Crippen molar-refractivity contribution in [2.75, 3.05) is 6.54 Å². The van der Waals surface area contributed by atoms with E-state index in [-0.39, 0.29) is 12.5 Å². The first kappa shape index (κ1) is 13.4. The summed E-state index contributed by atoms with van der Waals surface area (Å²) in [6, 6.07) is -0.451. The van der Waals surface area contributed by atoms with Gasteiger partial charge in [0.15, 0.2) is 0 Å². The van der Waals surface area contributed by atoms with Crippen molar-refractivity contribution in [3.63, 3.8) is 0 Å². The van der Waals surface area contributed by atoms with Crippen LogP contribution >= 0.6 is 0 Å². The molecule has 0 aromatic carbocycles. The monoisotopic (exact) mass is 202 g/mol. The smallest absolute Gasteiger partial charge is 0.237 e. The second-order valence-corrected chi connectivity index (χ2v) is 3.96. The molecule has 0 saturated carbocycles. The number of amides is 1.